The monoisotopic (exact) mass is 199 g/mol. The minimum atomic E-state index is -1.63. The number of hydrogen-bond acceptors (Lipinski definition) is 4. The largest absolute Gasteiger partial charge is 0.876 e. The summed E-state index contributed by atoms with van der Waals surface area (Å²) >= 11 is 0. The summed E-state index contributed by atoms with van der Waals surface area (Å²) in [6.45, 7) is 3.69. The van der Waals surface area contributed by atoms with Crippen molar-refractivity contribution in [2.45, 2.75) is 13.0 Å². The molecule has 5 nitrogen and oxygen atoms in total. The van der Waals surface area contributed by atoms with Gasteiger partial charge in [0.05, 0.1) is 6.61 Å². The van der Waals surface area contributed by atoms with E-state index in [-0.39, 0.29) is 18.2 Å². The molecule has 0 amide bonds. The van der Waals surface area contributed by atoms with Gasteiger partial charge in [-0.15, -0.1) is 24.7 Å². The predicted octanol–water partition coefficient (Wildman–Crippen LogP) is -1.27. The molecule has 74 valence electrons. The van der Waals surface area contributed by atoms with E-state index in [1.54, 1.807) is 0 Å². The highest BCUT2D eigenvalue weighted by Gasteiger charge is 2.08. The highest BCUT2D eigenvalue weighted by atomic mass is 35.5. The summed E-state index contributed by atoms with van der Waals surface area (Å²) < 4.78 is 0. The van der Waals surface area contributed by atoms with Crippen molar-refractivity contribution in [2.24, 2.45) is 0 Å². The third kappa shape index (κ3) is 22.9. The molecule has 0 aliphatic rings. The SMILES string of the molecule is C=C(C)[O-].Cl.O=C(O)C(O)CO. The van der Waals surface area contributed by atoms with Crippen LogP contribution in [-0.2, 0) is 4.79 Å². The summed E-state index contributed by atoms with van der Waals surface area (Å²) in [5.41, 5.74) is 0. The Kier molecular flexibility index (Phi) is 14.8. The van der Waals surface area contributed by atoms with Crippen LogP contribution in [0.1, 0.15) is 6.92 Å². The van der Waals surface area contributed by atoms with E-state index in [1.165, 1.54) is 6.92 Å². The third-order valence-electron chi connectivity index (χ3n) is 0.458. The van der Waals surface area contributed by atoms with Gasteiger partial charge in [0.2, 0.25) is 0 Å². The van der Waals surface area contributed by atoms with Crippen molar-refractivity contribution in [3.05, 3.63) is 12.3 Å². The molecule has 0 saturated heterocycles. The molecule has 0 aromatic carbocycles. The van der Waals surface area contributed by atoms with Crippen LogP contribution in [0.5, 0.6) is 0 Å². The number of aliphatic carboxylic acids is 1. The Balaban J connectivity index is -0.000000142. The van der Waals surface area contributed by atoms with E-state index in [9.17, 15) is 9.90 Å². The Labute approximate surface area is 76.4 Å². The highest BCUT2D eigenvalue weighted by Crippen LogP contribution is 1.75. The lowest BCUT2D eigenvalue weighted by Gasteiger charge is -1.95. The highest BCUT2D eigenvalue weighted by molar-refractivity contribution is 5.85. The molecule has 0 aromatic heterocycles. The van der Waals surface area contributed by atoms with Crippen LogP contribution in [0.3, 0.4) is 0 Å². The fraction of sp³-hybridized carbons (Fsp3) is 0.500. The number of allylic oxidation sites excluding steroid dienone is 1. The van der Waals surface area contributed by atoms with Crippen molar-refractivity contribution in [3.8, 4) is 0 Å². The molecule has 0 aliphatic heterocycles. The quantitative estimate of drug-likeness (QED) is 0.482. The third-order valence-corrected chi connectivity index (χ3v) is 0.458. The molecule has 0 saturated carbocycles. The predicted molar refractivity (Wildman–Crippen MR) is 42.8 cm³/mol. The maximum absolute atomic E-state index is 9.52. The Morgan fingerprint density at radius 2 is 1.92 bits per heavy atom. The van der Waals surface area contributed by atoms with Crippen LogP contribution in [-0.4, -0.2) is 34.0 Å². The molecule has 1 atom stereocenters. The first-order chi connectivity index (χ1) is 4.91. The smallest absolute Gasteiger partial charge is 0.334 e. The maximum Gasteiger partial charge on any atom is 0.334 e. The number of carboxylic acids is 1. The number of hydrogen-bond donors (Lipinski definition) is 3. The summed E-state index contributed by atoms with van der Waals surface area (Å²) in [7, 11) is 0. The van der Waals surface area contributed by atoms with E-state index in [0.717, 1.165) is 0 Å². The van der Waals surface area contributed by atoms with Crippen molar-refractivity contribution in [1.29, 1.82) is 0 Å². The molecule has 0 radical (unpaired) electrons. The van der Waals surface area contributed by atoms with E-state index in [4.69, 9.17) is 15.3 Å². The lowest BCUT2D eigenvalue weighted by Crippen LogP contribution is -2.22. The van der Waals surface area contributed by atoms with E-state index in [2.05, 4.69) is 6.58 Å². The Morgan fingerprint density at radius 1 is 1.67 bits per heavy atom. The maximum atomic E-state index is 9.52. The van der Waals surface area contributed by atoms with Crippen LogP contribution >= 0.6 is 12.4 Å². The van der Waals surface area contributed by atoms with Crippen molar-refractivity contribution >= 4 is 18.4 Å². The number of carbonyl (C=O) groups is 1. The van der Waals surface area contributed by atoms with E-state index in [1.807, 2.05) is 0 Å². The zero-order valence-electron chi connectivity index (χ0n) is 6.56. The molecule has 0 rings (SSSR count). The summed E-state index contributed by atoms with van der Waals surface area (Å²) in [6.07, 6.45) is -1.63. The molecule has 0 heterocycles. The lowest BCUT2D eigenvalue weighted by atomic mass is 10.4. The molecular weight excluding hydrogens is 188 g/mol. The Morgan fingerprint density at radius 3 is 1.92 bits per heavy atom. The molecule has 1 unspecified atom stereocenters. The second kappa shape index (κ2) is 10.2. The molecular formula is C6H12ClO5-. The first-order valence-electron chi connectivity index (χ1n) is 2.76. The molecule has 6 heteroatoms. The van der Waals surface area contributed by atoms with Crippen LogP contribution in [0, 0.1) is 0 Å². The van der Waals surface area contributed by atoms with Gasteiger partial charge in [-0.05, 0) is 0 Å². The van der Waals surface area contributed by atoms with Gasteiger partial charge in [-0.3, -0.25) is 0 Å². The Hall–Kier alpha value is -0.780. The fourth-order valence-corrected chi connectivity index (χ4v) is 0.0781. The molecule has 0 aliphatic carbocycles. The topological polar surface area (TPSA) is 101 Å². The van der Waals surface area contributed by atoms with Gasteiger partial charge in [0.15, 0.2) is 6.10 Å². The van der Waals surface area contributed by atoms with Crippen molar-refractivity contribution < 1.29 is 25.2 Å². The van der Waals surface area contributed by atoms with E-state index < -0.39 is 18.7 Å². The lowest BCUT2D eigenvalue weighted by molar-refractivity contribution is -0.300. The van der Waals surface area contributed by atoms with Gasteiger partial charge in [0.25, 0.3) is 0 Å². The summed E-state index contributed by atoms with van der Waals surface area (Å²) in [6, 6.07) is 0. The molecule has 0 aromatic rings. The zero-order valence-corrected chi connectivity index (χ0v) is 7.37. The van der Waals surface area contributed by atoms with Crippen LogP contribution in [0.25, 0.3) is 0 Å². The number of aliphatic hydroxyl groups excluding tert-OH is 2. The van der Waals surface area contributed by atoms with Crippen LogP contribution < -0.4 is 5.11 Å². The number of halogens is 1. The first-order valence-corrected chi connectivity index (χ1v) is 2.76. The van der Waals surface area contributed by atoms with Crippen molar-refractivity contribution in [1.82, 2.24) is 0 Å². The van der Waals surface area contributed by atoms with Gasteiger partial charge in [0.1, 0.15) is 0 Å². The summed E-state index contributed by atoms with van der Waals surface area (Å²) in [5, 5.41) is 33.1. The molecule has 3 N–H and O–H groups in total. The van der Waals surface area contributed by atoms with Gasteiger partial charge < -0.3 is 20.4 Å². The fourth-order valence-electron chi connectivity index (χ4n) is 0.0781. The van der Waals surface area contributed by atoms with Crippen molar-refractivity contribution in [3.63, 3.8) is 0 Å². The average Bonchev–Trinajstić information content (AvgIpc) is 1.85. The first kappa shape index (κ1) is 17.3. The van der Waals surface area contributed by atoms with E-state index in [0.29, 0.717) is 0 Å². The summed E-state index contributed by atoms with van der Waals surface area (Å²) in [4.78, 5) is 9.52. The molecule has 12 heavy (non-hydrogen) atoms. The van der Waals surface area contributed by atoms with Gasteiger partial charge in [0, 0.05) is 0 Å². The zero-order chi connectivity index (χ0) is 9.44. The number of rotatable bonds is 2. The van der Waals surface area contributed by atoms with Crippen molar-refractivity contribution in [2.75, 3.05) is 6.61 Å². The van der Waals surface area contributed by atoms with Gasteiger partial charge >= 0.3 is 5.97 Å². The summed E-state index contributed by atoms with van der Waals surface area (Å²) in [5.74, 6) is -1.48. The Bertz CT molecular complexity index is 132. The minimum absolute atomic E-state index is 0. The van der Waals surface area contributed by atoms with Gasteiger partial charge in [-0.1, -0.05) is 6.92 Å². The van der Waals surface area contributed by atoms with Crippen LogP contribution in [0.4, 0.5) is 0 Å². The molecule has 0 fully saturated rings. The molecule has 0 bridgehead atoms. The second-order valence-electron chi connectivity index (χ2n) is 1.74. The standard InChI is InChI=1S/C3H6O4.C3H6O.ClH/c4-1-2(5)3(6)7;1-3(2)4;/h2,4-5H,1H2,(H,6,7);4H,1H2,2H3;1H/p-1. The number of carboxylic acid groups (broad SMARTS) is 1. The molecule has 0 spiro atoms. The van der Waals surface area contributed by atoms with Gasteiger partial charge in [-0.25, -0.2) is 4.79 Å². The van der Waals surface area contributed by atoms with Crippen LogP contribution in [0.2, 0.25) is 0 Å². The number of aliphatic hydroxyl groups is 2. The minimum Gasteiger partial charge on any atom is -0.876 e. The van der Waals surface area contributed by atoms with Gasteiger partial charge in [-0.2, -0.15) is 0 Å². The average molecular weight is 200 g/mol. The van der Waals surface area contributed by atoms with E-state index >= 15 is 0 Å². The van der Waals surface area contributed by atoms with Crippen LogP contribution in [0.15, 0.2) is 12.3 Å². The normalized spacial score (nSPS) is 9.92. The second-order valence-corrected chi connectivity index (χ2v) is 1.74.